The van der Waals surface area contributed by atoms with Gasteiger partial charge in [0.25, 0.3) is 0 Å². The maximum atomic E-state index is 12.9. The Morgan fingerprint density at radius 2 is 1.75 bits per heavy atom. The molecule has 2 aromatic heterocycles. The van der Waals surface area contributed by atoms with Crippen molar-refractivity contribution in [2.24, 2.45) is 0 Å². The van der Waals surface area contributed by atoms with Crippen molar-refractivity contribution in [3.63, 3.8) is 0 Å². The van der Waals surface area contributed by atoms with Crippen molar-refractivity contribution in [1.82, 2.24) is 19.5 Å². The molecule has 0 aliphatic rings. The summed E-state index contributed by atoms with van der Waals surface area (Å²) in [6, 6.07) is 10.5. The Morgan fingerprint density at radius 3 is 2.32 bits per heavy atom. The molecular formula is C23H30N4O. The monoisotopic (exact) mass is 378 g/mol. The molecule has 2 heterocycles. The fourth-order valence-corrected chi connectivity index (χ4v) is 3.62. The van der Waals surface area contributed by atoms with Crippen LogP contribution in [0.15, 0.2) is 30.3 Å². The summed E-state index contributed by atoms with van der Waals surface area (Å²) in [4.78, 5) is 19.5. The molecule has 1 aromatic carbocycles. The molecule has 0 N–H and O–H groups in total. The van der Waals surface area contributed by atoms with Gasteiger partial charge in [-0.15, -0.1) is 0 Å². The van der Waals surface area contributed by atoms with E-state index in [0.717, 1.165) is 33.9 Å². The number of likely N-dealkylation sites (N-methyl/N-ethyl adjacent to an activating group) is 1. The molecule has 5 nitrogen and oxygen atoms in total. The molecular weight excluding hydrogens is 348 g/mol. The molecule has 28 heavy (non-hydrogen) atoms. The average molecular weight is 379 g/mol. The second-order valence-electron chi connectivity index (χ2n) is 7.62. The Balaban J connectivity index is 2.15. The average Bonchev–Trinajstić information content (AvgIpc) is 3.01. The molecule has 3 aromatic rings. The largest absolute Gasteiger partial charge is 0.343 e. The van der Waals surface area contributed by atoms with E-state index >= 15 is 0 Å². The first-order valence-electron chi connectivity index (χ1n) is 10.1. The molecule has 0 spiro atoms. The zero-order chi connectivity index (χ0) is 20.4. The van der Waals surface area contributed by atoms with E-state index in [1.54, 1.807) is 0 Å². The maximum absolute atomic E-state index is 12.9. The molecule has 148 valence electrons. The molecule has 0 bridgehead atoms. The second kappa shape index (κ2) is 8.13. The molecule has 0 saturated carbocycles. The van der Waals surface area contributed by atoms with Crippen molar-refractivity contribution in [2.75, 3.05) is 13.1 Å². The van der Waals surface area contributed by atoms with Crippen LogP contribution in [0.3, 0.4) is 0 Å². The van der Waals surface area contributed by atoms with Gasteiger partial charge in [0.2, 0.25) is 5.91 Å². The highest BCUT2D eigenvalue weighted by molar-refractivity contribution is 5.84. The summed E-state index contributed by atoms with van der Waals surface area (Å²) < 4.78 is 1.86. The molecule has 0 aliphatic carbocycles. The summed E-state index contributed by atoms with van der Waals surface area (Å²) in [6.07, 6.45) is 0.308. The molecule has 3 rings (SSSR count). The zero-order valence-electron chi connectivity index (χ0n) is 17.8. The first kappa shape index (κ1) is 20.1. The predicted molar refractivity (Wildman–Crippen MR) is 114 cm³/mol. The third-order valence-corrected chi connectivity index (χ3v) is 5.29. The van der Waals surface area contributed by atoms with Gasteiger partial charge in [0.05, 0.1) is 12.1 Å². The summed E-state index contributed by atoms with van der Waals surface area (Å²) in [7, 11) is 0. The van der Waals surface area contributed by atoms with Crippen LogP contribution in [0.25, 0.3) is 16.9 Å². The molecule has 0 saturated heterocycles. The number of carbonyl (C=O) groups is 1. The van der Waals surface area contributed by atoms with Crippen molar-refractivity contribution in [2.45, 2.75) is 53.9 Å². The van der Waals surface area contributed by atoms with Crippen LogP contribution in [-0.4, -0.2) is 38.5 Å². The molecule has 0 atom stereocenters. The summed E-state index contributed by atoms with van der Waals surface area (Å²) in [6.45, 7) is 13.8. The summed E-state index contributed by atoms with van der Waals surface area (Å²) in [5.41, 5.74) is 6.79. The molecule has 0 radical (unpaired) electrons. The predicted octanol–water partition coefficient (Wildman–Crippen LogP) is 4.55. The Bertz CT molecular complexity index is 982. The number of carbonyl (C=O) groups excluding carboxylic acids is 1. The highest BCUT2D eigenvalue weighted by Gasteiger charge is 2.22. The number of rotatable bonds is 6. The molecule has 1 amide bonds. The number of fused-ring (bicyclic) bond motifs is 1. The van der Waals surface area contributed by atoms with Gasteiger partial charge >= 0.3 is 0 Å². The van der Waals surface area contributed by atoms with E-state index < -0.39 is 0 Å². The number of hydrogen-bond donors (Lipinski definition) is 0. The minimum absolute atomic E-state index is 0.112. The number of nitrogens with zero attached hydrogens (tertiary/aromatic N) is 4. The van der Waals surface area contributed by atoms with Crippen LogP contribution in [0.5, 0.6) is 0 Å². The van der Waals surface area contributed by atoms with Crippen molar-refractivity contribution in [3.8, 4) is 11.3 Å². The van der Waals surface area contributed by atoms with E-state index in [4.69, 9.17) is 10.1 Å². The Morgan fingerprint density at radius 1 is 1.11 bits per heavy atom. The second-order valence-corrected chi connectivity index (χ2v) is 7.62. The summed E-state index contributed by atoms with van der Waals surface area (Å²) in [5.74, 6) is 0.589. The van der Waals surface area contributed by atoms with Crippen LogP contribution in [-0.2, 0) is 11.2 Å². The lowest BCUT2D eigenvalue weighted by Gasteiger charge is -2.18. The van der Waals surface area contributed by atoms with Gasteiger partial charge in [-0.1, -0.05) is 38.1 Å². The standard InChI is InChI=1S/C23H30N4O/c1-7-26(8-2)21(28)14-20-22(19-11-9-18(10-12-19)15(3)4)25-27-17(6)13-16(5)24-23(20)27/h9-13,15H,7-8,14H2,1-6H3. The van der Waals surface area contributed by atoms with Crippen LogP contribution >= 0.6 is 0 Å². The van der Waals surface area contributed by atoms with E-state index in [1.165, 1.54) is 5.56 Å². The lowest BCUT2D eigenvalue weighted by Crippen LogP contribution is -2.31. The number of aromatic nitrogens is 3. The van der Waals surface area contributed by atoms with E-state index in [1.807, 2.05) is 43.2 Å². The molecule has 0 unspecified atom stereocenters. The normalized spacial score (nSPS) is 11.4. The fraction of sp³-hybridized carbons (Fsp3) is 0.435. The van der Waals surface area contributed by atoms with Gasteiger partial charge in [-0.2, -0.15) is 5.10 Å². The Hall–Kier alpha value is -2.69. The van der Waals surface area contributed by atoms with Crippen LogP contribution < -0.4 is 0 Å². The molecule has 5 heteroatoms. The molecule has 0 fully saturated rings. The van der Waals surface area contributed by atoms with Gasteiger partial charge < -0.3 is 4.90 Å². The highest BCUT2D eigenvalue weighted by atomic mass is 16.2. The van der Waals surface area contributed by atoms with E-state index in [9.17, 15) is 4.79 Å². The van der Waals surface area contributed by atoms with Crippen LogP contribution in [0.4, 0.5) is 0 Å². The zero-order valence-corrected chi connectivity index (χ0v) is 17.8. The lowest BCUT2D eigenvalue weighted by molar-refractivity contribution is -0.130. The van der Waals surface area contributed by atoms with Gasteiger partial charge in [-0.3, -0.25) is 4.79 Å². The Kier molecular flexibility index (Phi) is 5.82. The SMILES string of the molecule is CCN(CC)C(=O)Cc1c(-c2ccc(C(C)C)cc2)nn2c(C)cc(C)nc12. The topological polar surface area (TPSA) is 50.5 Å². The van der Waals surface area contributed by atoms with E-state index in [-0.39, 0.29) is 5.91 Å². The molecule has 0 aliphatic heterocycles. The number of amides is 1. The quantitative estimate of drug-likeness (QED) is 0.632. The smallest absolute Gasteiger partial charge is 0.227 e. The third kappa shape index (κ3) is 3.79. The van der Waals surface area contributed by atoms with Gasteiger partial charge in [0.1, 0.15) is 0 Å². The first-order chi connectivity index (χ1) is 13.3. The number of aryl methyl sites for hydroxylation is 2. The van der Waals surface area contributed by atoms with E-state index in [2.05, 4.69) is 38.1 Å². The van der Waals surface area contributed by atoms with Gasteiger partial charge in [-0.05, 0) is 45.2 Å². The van der Waals surface area contributed by atoms with Crippen LogP contribution in [0.1, 0.15) is 56.1 Å². The number of hydrogen-bond acceptors (Lipinski definition) is 3. The lowest BCUT2D eigenvalue weighted by atomic mass is 9.99. The number of benzene rings is 1. The minimum atomic E-state index is 0.112. The van der Waals surface area contributed by atoms with Crippen molar-refractivity contribution in [1.29, 1.82) is 0 Å². The third-order valence-electron chi connectivity index (χ3n) is 5.29. The highest BCUT2D eigenvalue weighted by Crippen LogP contribution is 2.28. The Labute approximate surface area is 167 Å². The first-order valence-corrected chi connectivity index (χ1v) is 10.1. The van der Waals surface area contributed by atoms with Crippen LogP contribution in [0, 0.1) is 13.8 Å². The van der Waals surface area contributed by atoms with Crippen molar-refractivity contribution in [3.05, 3.63) is 52.8 Å². The van der Waals surface area contributed by atoms with Gasteiger partial charge in [-0.25, -0.2) is 9.50 Å². The fourth-order valence-electron chi connectivity index (χ4n) is 3.62. The van der Waals surface area contributed by atoms with Crippen molar-refractivity contribution >= 4 is 11.6 Å². The van der Waals surface area contributed by atoms with Gasteiger partial charge in [0, 0.05) is 35.6 Å². The minimum Gasteiger partial charge on any atom is -0.343 e. The van der Waals surface area contributed by atoms with Crippen molar-refractivity contribution < 1.29 is 4.79 Å². The van der Waals surface area contributed by atoms with E-state index in [0.29, 0.717) is 25.4 Å². The summed E-state index contributed by atoms with van der Waals surface area (Å²) >= 11 is 0. The summed E-state index contributed by atoms with van der Waals surface area (Å²) in [5, 5.41) is 4.85. The van der Waals surface area contributed by atoms with Gasteiger partial charge in [0.15, 0.2) is 5.65 Å². The van der Waals surface area contributed by atoms with Crippen LogP contribution in [0.2, 0.25) is 0 Å². The maximum Gasteiger partial charge on any atom is 0.227 e.